The van der Waals surface area contributed by atoms with Crippen LogP contribution in [0.5, 0.6) is 0 Å². The third-order valence-corrected chi connectivity index (χ3v) is 4.25. The molecular formula is C17H24N6. The van der Waals surface area contributed by atoms with Crippen molar-refractivity contribution in [3.05, 3.63) is 42.1 Å². The molecule has 23 heavy (non-hydrogen) atoms. The Labute approximate surface area is 136 Å². The maximum atomic E-state index is 6.19. The van der Waals surface area contributed by atoms with Crippen LogP contribution in [-0.4, -0.2) is 22.1 Å². The van der Waals surface area contributed by atoms with Crippen LogP contribution in [0.1, 0.15) is 31.2 Å². The van der Waals surface area contributed by atoms with Crippen LogP contribution in [0.2, 0.25) is 0 Å². The number of hydrogen-bond donors (Lipinski definition) is 4. The van der Waals surface area contributed by atoms with Crippen molar-refractivity contribution < 1.29 is 0 Å². The summed E-state index contributed by atoms with van der Waals surface area (Å²) in [5.41, 5.74) is 13.8. The first-order chi connectivity index (χ1) is 11.3. The average molecular weight is 312 g/mol. The molecule has 0 spiro atoms. The Bertz CT molecular complexity index is 630. The molecule has 1 aliphatic carbocycles. The van der Waals surface area contributed by atoms with Crippen molar-refractivity contribution in [1.29, 1.82) is 0 Å². The Hall–Kier alpha value is -2.18. The number of rotatable bonds is 5. The fraction of sp³-hybridized carbons (Fsp3) is 0.412. The number of nitrogens with zero attached hydrogens (tertiary/aromatic N) is 2. The van der Waals surface area contributed by atoms with Gasteiger partial charge in [-0.2, -0.15) is 4.98 Å². The van der Waals surface area contributed by atoms with Gasteiger partial charge < -0.3 is 22.1 Å². The third-order valence-electron chi connectivity index (χ3n) is 4.25. The molecule has 0 bridgehead atoms. The molecule has 2 aromatic rings. The summed E-state index contributed by atoms with van der Waals surface area (Å²) in [7, 11) is 0. The molecule has 2 atom stereocenters. The molecule has 1 heterocycles. The molecule has 1 aromatic heterocycles. The van der Waals surface area contributed by atoms with E-state index in [1.165, 1.54) is 12.8 Å². The fourth-order valence-corrected chi connectivity index (χ4v) is 2.90. The van der Waals surface area contributed by atoms with Gasteiger partial charge in [-0.3, -0.25) is 0 Å². The summed E-state index contributed by atoms with van der Waals surface area (Å²) in [4.78, 5) is 8.98. The van der Waals surface area contributed by atoms with Crippen LogP contribution in [0.3, 0.4) is 0 Å². The molecule has 0 aliphatic heterocycles. The van der Waals surface area contributed by atoms with E-state index in [2.05, 4.69) is 20.6 Å². The van der Waals surface area contributed by atoms with Crippen LogP contribution in [0.4, 0.5) is 17.5 Å². The lowest BCUT2D eigenvalue weighted by molar-refractivity contribution is 0.402. The second kappa shape index (κ2) is 7.39. The van der Waals surface area contributed by atoms with E-state index in [0.29, 0.717) is 12.5 Å². The van der Waals surface area contributed by atoms with Gasteiger partial charge in [0.15, 0.2) is 0 Å². The summed E-state index contributed by atoms with van der Waals surface area (Å²) in [5.74, 6) is 1.34. The molecule has 1 saturated carbocycles. The molecule has 3 rings (SSSR count). The van der Waals surface area contributed by atoms with E-state index in [9.17, 15) is 0 Å². The highest BCUT2D eigenvalue weighted by Gasteiger charge is 2.22. The molecule has 0 saturated heterocycles. The van der Waals surface area contributed by atoms with Crippen molar-refractivity contribution in [2.45, 2.75) is 44.3 Å². The first kappa shape index (κ1) is 15.7. The molecule has 0 radical (unpaired) electrons. The Morgan fingerprint density at radius 2 is 1.91 bits per heavy atom. The smallest absolute Gasteiger partial charge is 0.224 e. The molecule has 0 amide bonds. The molecule has 1 aliphatic rings. The van der Waals surface area contributed by atoms with Crippen LogP contribution >= 0.6 is 0 Å². The highest BCUT2D eigenvalue weighted by Crippen LogP contribution is 2.22. The number of anilines is 3. The van der Waals surface area contributed by atoms with Crippen molar-refractivity contribution in [3.8, 4) is 0 Å². The van der Waals surface area contributed by atoms with E-state index in [4.69, 9.17) is 11.5 Å². The number of benzene rings is 1. The highest BCUT2D eigenvalue weighted by atomic mass is 15.2. The Kier molecular flexibility index (Phi) is 5.05. The first-order valence-corrected chi connectivity index (χ1v) is 8.16. The lowest BCUT2D eigenvalue weighted by Gasteiger charge is -2.29. The second-order valence-electron chi connectivity index (χ2n) is 5.96. The quantitative estimate of drug-likeness (QED) is 0.676. The molecule has 6 nitrogen and oxygen atoms in total. The van der Waals surface area contributed by atoms with E-state index in [-0.39, 0.29) is 12.1 Å². The van der Waals surface area contributed by atoms with Crippen LogP contribution in [0.15, 0.2) is 36.5 Å². The summed E-state index contributed by atoms with van der Waals surface area (Å²) in [6.07, 6.45) is 6.28. The monoisotopic (exact) mass is 312 g/mol. The minimum Gasteiger partial charge on any atom is -0.350 e. The Morgan fingerprint density at radius 3 is 2.65 bits per heavy atom. The SMILES string of the molecule is NCc1cnc(NC2CCCCC2N)nc1Nc1ccccc1. The van der Waals surface area contributed by atoms with Gasteiger partial charge in [-0.25, -0.2) is 4.98 Å². The van der Waals surface area contributed by atoms with Crippen molar-refractivity contribution in [1.82, 2.24) is 9.97 Å². The zero-order chi connectivity index (χ0) is 16.1. The minimum absolute atomic E-state index is 0.159. The van der Waals surface area contributed by atoms with Gasteiger partial charge in [0, 0.05) is 36.1 Å². The van der Waals surface area contributed by atoms with Gasteiger partial charge in [0.05, 0.1) is 0 Å². The molecule has 1 aromatic carbocycles. The summed E-state index contributed by atoms with van der Waals surface area (Å²) >= 11 is 0. The maximum absolute atomic E-state index is 6.19. The van der Waals surface area contributed by atoms with Gasteiger partial charge in [0.2, 0.25) is 5.95 Å². The summed E-state index contributed by atoms with van der Waals surface area (Å²) in [6, 6.07) is 10.3. The van der Waals surface area contributed by atoms with Gasteiger partial charge in [-0.05, 0) is 25.0 Å². The molecule has 6 heteroatoms. The molecular weight excluding hydrogens is 288 g/mol. The van der Waals surface area contributed by atoms with Crippen molar-refractivity contribution in [3.63, 3.8) is 0 Å². The van der Waals surface area contributed by atoms with E-state index in [0.717, 1.165) is 29.9 Å². The zero-order valence-electron chi connectivity index (χ0n) is 13.2. The van der Waals surface area contributed by atoms with Gasteiger partial charge in [-0.1, -0.05) is 31.0 Å². The van der Waals surface area contributed by atoms with Gasteiger partial charge in [0.25, 0.3) is 0 Å². The van der Waals surface area contributed by atoms with Crippen molar-refractivity contribution in [2.24, 2.45) is 11.5 Å². The largest absolute Gasteiger partial charge is 0.350 e. The van der Waals surface area contributed by atoms with E-state index < -0.39 is 0 Å². The van der Waals surface area contributed by atoms with Gasteiger partial charge in [-0.15, -0.1) is 0 Å². The number of nitrogens with two attached hydrogens (primary N) is 2. The first-order valence-electron chi connectivity index (χ1n) is 8.16. The standard InChI is InChI=1S/C17H24N6/c18-10-12-11-20-17(22-15-9-5-4-8-14(15)19)23-16(12)21-13-6-2-1-3-7-13/h1-3,6-7,11,14-15H,4-5,8-10,18-19H2,(H2,20,21,22,23). The van der Waals surface area contributed by atoms with Crippen LogP contribution in [0, 0.1) is 0 Å². The molecule has 122 valence electrons. The lowest BCUT2D eigenvalue weighted by Crippen LogP contribution is -2.43. The third kappa shape index (κ3) is 3.97. The fourth-order valence-electron chi connectivity index (χ4n) is 2.90. The zero-order valence-corrected chi connectivity index (χ0v) is 13.2. The Balaban J connectivity index is 1.78. The molecule has 1 fully saturated rings. The van der Waals surface area contributed by atoms with Crippen LogP contribution < -0.4 is 22.1 Å². The second-order valence-corrected chi connectivity index (χ2v) is 5.96. The van der Waals surface area contributed by atoms with E-state index in [1.807, 2.05) is 30.3 Å². The number of aromatic nitrogens is 2. The van der Waals surface area contributed by atoms with Crippen LogP contribution in [0.25, 0.3) is 0 Å². The maximum Gasteiger partial charge on any atom is 0.224 e. The highest BCUT2D eigenvalue weighted by molar-refractivity contribution is 5.60. The predicted molar refractivity (Wildman–Crippen MR) is 93.5 cm³/mol. The van der Waals surface area contributed by atoms with Gasteiger partial charge in [0.1, 0.15) is 5.82 Å². The predicted octanol–water partition coefficient (Wildman–Crippen LogP) is 2.36. The average Bonchev–Trinajstić information content (AvgIpc) is 2.58. The van der Waals surface area contributed by atoms with E-state index in [1.54, 1.807) is 6.20 Å². The number of para-hydroxylation sites is 1. The van der Waals surface area contributed by atoms with Crippen molar-refractivity contribution >= 4 is 17.5 Å². The van der Waals surface area contributed by atoms with Gasteiger partial charge >= 0.3 is 0 Å². The topological polar surface area (TPSA) is 102 Å². The summed E-state index contributed by atoms with van der Waals surface area (Å²) in [6.45, 7) is 0.387. The lowest BCUT2D eigenvalue weighted by atomic mass is 9.91. The van der Waals surface area contributed by atoms with Crippen LogP contribution in [-0.2, 0) is 6.54 Å². The number of nitrogens with one attached hydrogen (secondary N) is 2. The summed E-state index contributed by atoms with van der Waals surface area (Å²) < 4.78 is 0. The minimum atomic E-state index is 0.159. The normalized spacial score (nSPS) is 21.0. The Morgan fingerprint density at radius 1 is 1.13 bits per heavy atom. The number of hydrogen-bond acceptors (Lipinski definition) is 6. The summed E-state index contributed by atoms with van der Waals surface area (Å²) in [5, 5.41) is 6.69. The molecule has 2 unspecified atom stereocenters. The van der Waals surface area contributed by atoms with Crippen molar-refractivity contribution in [2.75, 3.05) is 10.6 Å². The molecule has 6 N–H and O–H groups in total. The van der Waals surface area contributed by atoms with E-state index >= 15 is 0 Å².